The Morgan fingerprint density at radius 3 is 2.82 bits per heavy atom. The Bertz CT molecular complexity index is 1490. The van der Waals surface area contributed by atoms with Gasteiger partial charge in [-0.2, -0.15) is 0 Å². The molecule has 0 bridgehead atoms. The number of pyridine rings is 2. The van der Waals surface area contributed by atoms with E-state index in [1.807, 2.05) is 24.4 Å². The van der Waals surface area contributed by atoms with Crippen molar-refractivity contribution in [3.8, 4) is 0 Å². The highest BCUT2D eigenvalue weighted by atomic mass is 35.5. The van der Waals surface area contributed by atoms with Crippen LogP contribution in [0, 0.1) is 0 Å². The molecule has 6 nitrogen and oxygen atoms in total. The summed E-state index contributed by atoms with van der Waals surface area (Å²) in [7, 11) is 0. The van der Waals surface area contributed by atoms with Gasteiger partial charge in [0.2, 0.25) is 0 Å². The van der Waals surface area contributed by atoms with Crippen molar-refractivity contribution in [1.82, 2.24) is 24.9 Å². The Morgan fingerprint density at radius 1 is 1.09 bits per heavy atom. The molecule has 1 N–H and O–H groups in total. The number of anilines is 1. The Balaban J connectivity index is 1.39. The highest BCUT2D eigenvalue weighted by molar-refractivity contribution is 7.99. The van der Waals surface area contributed by atoms with E-state index in [2.05, 4.69) is 57.1 Å². The number of hydrogen-bond acceptors (Lipinski definition) is 6. The van der Waals surface area contributed by atoms with Crippen molar-refractivity contribution in [1.29, 1.82) is 0 Å². The van der Waals surface area contributed by atoms with E-state index in [0.29, 0.717) is 11.1 Å². The van der Waals surface area contributed by atoms with Crippen LogP contribution in [-0.2, 0) is 6.42 Å². The van der Waals surface area contributed by atoms with Crippen LogP contribution in [0.3, 0.4) is 0 Å². The SMILES string of the molecule is CCc1[nH]c2nc(Sc3cnc4cccnc4c3)nc(N3CC[C@H](c4ccccc4)C3)c2c1Cl. The third kappa shape index (κ3) is 3.89. The molecule has 6 rings (SSSR count). The Kier molecular flexibility index (Phi) is 5.59. The number of fused-ring (bicyclic) bond motifs is 2. The summed E-state index contributed by atoms with van der Waals surface area (Å²) in [6.07, 6.45) is 5.52. The molecule has 1 fully saturated rings. The van der Waals surface area contributed by atoms with Crippen LogP contribution in [0.1, 0.15) is 30.5 Å². The smallest absolute Gasteiger partial charge is 0.196 e. The monoisotopic (exact) mass is 486 g/mol. The highest BCUT2D eigenvalue weighted by Crippen LogP contribution is 2.39. The first-order chi connectivity index (χ1) is 16.7. The molecular weight excluding hydrogens is 464 g/mol. The molecule has 1 aromatic carbocycles. The zero-order valence-electron chi connectivity index (χ0n) is 18.7. The predicted octanol–water partition coefficient (Wildman–Crippen LogP) is 6.26. The van der Waals surface area contributed by atoms with Gasteiger partial charge in [-0.3, -0.25) is 9.97 Å². The van der Waals surface area contributed by atoms with Gasteiger partial charge in [0.05, 0.1) is 21.4 Å². The number of hydrogen-bond donors (Lipinski definition) is 1. The first kappa shape index (κ1) is 21.4. The molecule has 1 aliphatic rings. The van der Waals surface area contributed by atoms with E-state index in [1.54, 1.807) is 6.20 Å². The lowest BCUT2D eigenvalue weighted by molar-refractivity contribution is 0.773. The molecule has 0 radical (unpaired) electrons. The van der Waals surface area contributed by atoms with Crippen LogP contribution in [0.15, 0.2) is 71.0 Å². The van der Waals surface area contributed by atoms with Gasteiger partial charge in [0.25, 0.3) is 0 Å². The Hall–Kier alpha value is -3.16. The number of aromatic amines is 1. The van der Waals surface area contributed by atoms with Gasteiger partial charge in [0.1, 0.15) is 11.5 Å². The highest BCUT2D eigenvalue weighted by Gasteiger charge is 2.28. The number of nitrogens with one attached hydrogen (secondary N) is 1. The summed E-state index contributed by atoms with van der Waals surface area (Å²) in [4.78, 5) is 25.5. The van der Waals surface area contributed by atoms with Gasteiger partial charge in [0, 0.05) is 42.0 Å². The van der Waals surface area contributed by atoms with Crippen LogP contribution in [0.25, 0.3) is 22.1 Å². The number of H-pyrrole nitrogens is 1. The normalized spacial score (nSPS) is 16.1. The van der Waals surface area contributed by atoms with E-state index in [9.17, 15) is 0 Å². The van der Waals surface area contributed by atoms with Crippen LogP contribution in [0.2, 0.25) is 5.02 Å². The minimum absolute atomic E-state index is 0.474. The molecule has 1 saturated heterocycles. The van der Waals surface area contributed by atoms with Crippen LogP contribution in [0.4, 0.5) is 5.82 Å². The molecule has 0 unspecified atom stereocenters. The quantitative estimate of drug-likeness (QED) is 0.295. The maximum atomic E-state index is 6.81. The molecule has 0 amide bonds. The lowest BCUT2D eigenvalue weighted by Crippen LogP contribution is -2.21. The molecule has 0 aliphatic carbocycles. The number of benzene rings is 1. The van der Waals surface area contributed by atoms with Crippen molar-refractivity contribution in [2.45, 2.75) is 35.7 Å². The van der Waals surface area contributed by atoms with E-state index in [4.69, 9.17) is 21.6 Å². The van der Waals surface area contributed by atoms with E-state index < -0.39 is 0 Å². The first-order valence-electron chi connectivity index (χ1n) is 11.5. The van der Waals surface area contributed by atoms with Crippen LogP contribution < -0.4 is 4.90 Å². The van der Waals surface area contributed by atoms with Crippen molar-refractivity contribution in [3.05, 3.63) is 77.2 Å². The molecule has 170 valence electrons. The Morgan fingerprint density at radius 2 is 1.97 bits per heavy atom. The van der Waals surface area contributed by atoms with Crippen molar-refractivity contribution in [3.63, 3.8) is 0 Å². The van der Waals surface area contributed by atoms with Crippen molar-refractivity contribution in [2.24, 2.45) is 0 Å². The number of rotatable bonds is 5. The molecule has 8 heteroatoms. The summed E-state index contributed by atoms with van der Waals surface area (Å²) in [5.74, 6) is 1.38. The summed E-state index contributed by atoms with van der Waals surface area (Å²) in [5, 5.41) is 2.31. The molecule has 5 aromatic rings. The Labute approximate surface area is 206 Å². The van der Waals surface area contributed by atoms with Gasteiger partial charge in [-0.1, -0.05) is 48.9 Å². The largest absolute Gasteiger partial charge is 0.355 e. The average molecular weight is 487 g/mol. The van der Waals surface area contributed by atoms with E-state index in [-0.39, 0.29) is 0 Å². The van der Waals surface area contributed by atoms with Gasteiger partial charge < -0.3 is 9.88 Å². The predicted molar refractivity (Wildman–Crippen MR) is 138 cm³/mol. The van der Waals surface area contributed by atoms with Gasteiger partial charge in [0.15, 0.2) is 5.16 Å². The van der Waals surface area contributed by atoms with Crippen molar-refractivity contribution < 1.29 is 0 Å². The van der Waals surface area contributed by atoms with Crippen LogP contribution in [-0.4, -0.2) is 38.0 Å². The lowest BCUT2D eigenvalue weighted by atomic mass is 9.99. The zero-order chi connectivity index (χ0) is 23.1. The molecule has 0 saturated carbocycles. The molecule has 0 spiro atoms. The molecular formula is C26H23ClN6S. The van der Waals surface area contributed by atoms with Gasteiger partial charge >= 0.3 is 0 Å². The van der Waals surface area contributed by atoms with Gasteiger partial charge in [-0.15, -0.1) is 0 Å². The maximum Gasteiger partial charge on any atom is 0.196 e. The fourth-order valence-corrected chi connectivity index (χ4v) is 5.74. The number of aromatic nitrogens is 5. The lowest BCUT2D eigenvalue weighted by Gasteiger charge is -2.19. The zero-order valence-corrected chi connectivity index (χ0v) is 20.3. The second-order valence-electron chi connectivity index (χ2n) is 8.48. The minimum Gasteiger partial charge on any atom is -0.355 e. The van der Waals surface area contributed by atoms with Crippen LogP contribution >= 0.6 is 23.4 Å². The maximum absolute atomic E-state index is 6.81. The first-order valence-corrected chi connectivity index (χ1v) is 12.7. The van der Waals surface area contributed by atoms with E-state index in [1.165, 1.54) is 17.3 Å². The van der Waals surface area contributed by atoms with Crippen molar-refractivity contribution >= 4 is 51.2 Å². The summed E-state index contributed by atoms with van der Waals surface area (Å²) in [6.45, 7) is 3.93. The number of halogens is 1. The van der Waals surface area contributed by atoms with Gasteiger partial charge in [-0.05, 0) is 48.4 Å². The summed E-state index contributed by atoms with van der Waals surface area (Å²) < 4.78 is 0. The fourth-order valence-electron chi connectivity index (χ4n) is 4.63. The third-order valence-corrected chi connectivity index (χ3v) is 7.61. The topological polar surface area (TPSA) is 70.6 Å². The van der Waals surface area contributed by atoms with E-state index >= 15 is 0 Å². The second-order valence-corrected chi connectivity index (χ2v) is 9.90. The number of aryl methyl sites for hydroxylation is 1. The summed E-state index contributed by atoms with van der Waals surface area (Å²) in [5.41, 5.74) is 4.87. The minimum atomic E-state index is 0.474. The second kappa shape index (κ2) is 8.89. The average Bonchev–Trinajstić information content (AvgIpc) is 3.49. The molecule has 1 aliphatic heterocycles. The molecule has 1 atom stereocenters. The molecule has 4 aromatic heterocycles. The standard InChI is InChI=1S/C26H23ClN6S/c1-2-19-23(27)22-24(30-19)31-26(34-18-13-21-20(29-14-18)9-6-11-28-21)32-25(22)33-12-10-17(15-33)16-7-4-3-5-8-16/h3-9,11,13-14,17H,2,10,12,15H2,1H3,(H,30,31,32)/t17-/m0/s1. The summed E-state index contributed by atoms with van der Waals surface area (Å²) >= 11 is 8.30. The third-order valence-electron chi connectivity index (χ3n) is 6.37. The molecule has 34 heavy (non-hydrogen) atoms. The fraction of sp³-hybridized carbons (Fsp3) is 0.231. The van der Waals surface area contributed by atoms with Crippen LogP contribution in [0.5, 0.6) is 0 Å². The van der Waals surface area contributed by atoms with E-state index in [0.717, 1.165) is 69.4 Å². The van der Waals surface area contributed by atoms with Crippen molar-refractivity contribution in [2.75, 3.05) is 18.0 Å². The van der Waals surface area contributed by atoms with Gasteiger partial charge in [-0.25, -0.2) is 9.97 Å². The summed E-state index contributed by atoms with van der Waals surface area (Å²) in [6, 6.07) is 16.6. The number of nitrogens with zero attached hydrogens (tertiary/aromatic N) is 5. The molecule has 5 heterocycles.